The van der Waals surface area contributed by atoms with Crippen LogP contribution in [0.4, 0.5) is 4.39 Å². The molecule has 2 atom stereocenters. The lowest BCUT2D eigenvalue weighted by atomic mass is 9.95. The molecule has 5 rings (SSSR count). The normalized spacial score (nSPS) is 18.8. The second kappa shape index (κ2) is 13.4. The number of esters is 1. The van der Waals surface area contributed by atoms with Gasteiger partial charge in [-0.05, 0) is 42.3 Å². The van der Waals surface area contributed by atoms with Gasteiger partial charge in [0, 0.05) is 59.5 Å². The fourth-order valence-corrected chi connectivity index (χ4v) is 6.41. The Morgan fingerprint density at radius 1 is 1.21 bits per heavy atom. The first kappa shape index (κ1) is 30.3. The van der Waals surface area contributed by atoms with Crippen molar-refractivity contribution in [3.05, 3.63) is 96.8 Å². The number of piperazine rings is 1. The van der Waals surface area contributed by atoms with Crippen LogP contribution < -0.4 is 5.32 Å². The molecule has 3 aromatic rings. The molecule has 0 radical (unpaired) electrons. The molecule has 0 aliphatic carbocycles. The van der Waals surface area contributed by atoms with Crippen molar-refractivity contribution in [2.75, 3.05) is 39.3 Å². The topological polar surface area (TPSA) is 107 Å². The Hall–Kier alpha value is -3.16. The predicted molar refractivity (Wildman–Crippen MR) is 162 cm³/mol. The molecule has 2 aromatic carbocycles. The molecule has 2 unspecified atom stereocenters. The number of hydrogen-bond donors (Lipinski definition) is 2. The Bertz CT molecular complexity index is 1510. The van der Waals surface area contributed by atoms with Gasteiger partial charge in [-0.1, -0.05) is 45.7 Å². The molecule has 13 heteroatoms. The van der Waals surface area contributed by atoms with Gasteiger partial charge in [-0.15, -0.1) is 11.3 Å². The second-order valence-corrected chi connectivity index (χ2v) is 11.9. The monoisotopic (exact) mass is 675 g/mol. The van der Waals surface area contributed by atoms with E-state index >= 15 is 0 Å². The van der Waals surface area contributed by atoms with E-state index in [0.717, 1.165) is 0 Å². The van der Waals surface area contributed by atoms with Crippen LogP contribution in [0.2, 0.25) is 5.02 Å². The number of hydrogen-bond acceptors (Lipinski definition) is 9. The van der Waals surface area contributed by atoms with Gasteiger partial charge in [-0.3, -0.25) is 19.6 Å². The zero-order chi connectivity index (χ0) is 29.8. The number of rotatable bonds is 9. The number of benzene rings is 2. The minimum atomic E-state index is -0.927. The molecule has 0 bridgehead atoms. The van der Waals surface area contributed by atoms with Crippen LogP contribution in [0.15, 0.2) is 74.8 Å². The van der Waals surface area contributed by atoms with Crippen LogP contribution in [0.5, 0.6) is 0 Å². The number of ether oxygens (including phenoxy) is 1. The van der Waals surface area contributed by atoms with Gasteiger partial charge in [-0.25, -0.2) is 14.2 Å². The van der Waals surface area contributed by atoms with E-state index in [4.69, 9.17) is 21.3 Å². The van der Waals surface area contributed by atoms with Crippen LogP contribution in [0, 0.1) is 5.82 Å². The van der Waals surface area contributed by atoms with Gasteiger partial charge >= 0.3 is 11.9 Å². The average Bonchev–Trinajstić information content (AvgIpc) is 3.50. The quantitative estimate of drug-likeness (QED) is 0.304. The summed E-state index contributed by atoms with van der Waals surface area (Å²) >= 11 is 10.9. The SMILES string of the molecule is CCOC(=O)C1=C(CN2CCN(C(C(=O)O)c3ccc(Cl)cc3)CC2)NC(c2nccs2)=NC1c1ccc(F)cc1Br. The van der Waals surface area contributed by atoms with E-state index in [0.29, 0.717) is 75.5 Å². The first-order valence-electron chi connectivity index (χ1n) is 13.3. The molecule has 0 spiro atoms. The summed E-state index contributed by atoms with van der Waals surface area (Å²) in [5.74, 6) is -1.36. The number of nitrogens with one attached hydrogen (secondary N) is 1. The maximum atomic E-state index is 14.0. The molecule has 2 aliphatic rings. The minimum Gasteiger partial charge on any atom is -0.480 e. The van der Waals surface area contributed by atoms with E-state index in [9.17, 15) is 19.1 Å². The molecular formula is C29H28BrClFN5O4S. The third-order valence-corrected chi connectivity index (χ3v) is 8.81. The van der Waals surface area contributed by atoms with Crippen molar-refractivity contribution >= 4 is 56.6 Å². The zero-order valence-corrected chi connectivity index (χ0v) is 25.8. The molecular weight excluding hydrogens is 649 g/mol. The van der Waals surface area contributed by atoms with E-state index in [2.05, 4.69) is 31.1 Å². The smallest absolute Gasteiger partial charge is 0.338 e. The summed E-state index contributed by atoms with van der Waals surface area (Å²) in [6.45, 7) is 4.40. The summed E-state index contributed by atoms with van der Waals surface area (Å²) < 4.78 is 19.9. The Balaban J connectivity index is 1.44. The number of amidine groups is 1. The molecule has 9 nitrogen and oxygen atoms in total. The van der Waals surface area contributed by atoms with Gasteiger partial charge in [0.15, 0.2) is 10.8 Å². The Labute approximate surface area is 259 Å². The Morgan fingerprint density at radius 3 is 2.57 bits per heavy atom. The number of aromatic nitrogens is 1. The van der Waals surface area contributed by atoms with Gasteiger partial charge in [-0.2, -0.15) is 0 Å². The van der Waals surface area contributed by atoms with Crippen molar-refractivity contribution in [1.29, 1.82) is 0 Å². The number of aliphatic imine (C=N–C) groups is 1. The van der Waals surface area contributed by atoms with Crippen LogP contribution in [0.25, 0.3) is 0 Å². The predicted octanol–water partition coefficient (Wildman–Crippen LogP) is 5.05. The fourth-order valence-electron chi connectivity index (χ4n) is 5.12. The molecule has 220 valence electrons. The van der Waals surface area contributed by atoms with E-state index in [1.807, 2.05) is 10.3 Å². The lowest BCUT2D eigenvalue weighted by Crippen LogP contribution is -2.51. The number of carboxylic acids is 1. The molecule has 1 aromatic heterocycles. The van der Waals surface area contributed by atoms with Gasteiger partial charge in [0.05, 0.1) is 12.2 Å². The average molecular weight is 677 g/mol. The van der Waals surface area contributed by atoms with E-state index in [-0.39, 0.29) is 6.61 Å². The standard InChI is InChI=1S/C29H28BrClFN5O4S/c1-2-41-29(40)23-22(16-36-10-12-37(13-11-36)25(28(38)39)17-3-5-18(31)6-4-17)34-26(27-33-9-14-42-27)35-24(23)20-8-7-19(32)15-21(20)30/h3-9,14-15,24-25H,2,10-13,16H2,1H3,(H,34,35)(H,38,39). The van der Waals surface area contributed by atoms with Gasteiger partial charge in [0.1, 0.15) is 17.9 Å². The first-order valence-corrected chi connectivity index (χ1v) is 15.3. The molecule has 3 heterocycles. The summed E-state index contributed by atoms with van der Waals surface area (Å²) in [6, 6.07) is 9.59. The van der Waals surface area contributed by atoms with Gasteiger partial charge < -0.3 is 15.2 Å². The van der Waals surface area contributed by atoms with Crippen molar-refractivity contribution in [2.24, 2.45) is 4.99 Å². The van der Waals surface area contributed by atoms with Crippen LogP contribution in [0.1, 0.15) is 35.1 Å². The maximum Gasteiger partial charge on any atom is 0.338 e. The number of carboxylic acid groups (broad SMARTS) is 1. The van der Waals surface area contributed by atoms with Crippen LogP contribution in [-0.4, -0.2) is 77.0 Å². The lowest BCUT2D eigenvalue weighted by Gasteiger charge is -2.39. The van der Waals surface area contributed by atoms with Crippen LogP contribution in [-0.2, 0) is 14.3 Å². The highest BCUT2D eigenvalue weighted by molar-refractivity contribution is 9.10. The number of carbonyl (C=O) groups excluding carboxylic acids is 1. The number of aliphatic carboxylic acids is 1. The highest BCUT2D eigenvalue weighted by Crippen LogP contribution is 2.37. The number of carbonyl (C=O) groups is 2. The lowest BCUT2D eigenvalue weighted by molar-refractivity contribution is -0.144. The second-order valence-electron chi connectivity index (χ2n) is 9.73. The van der Waals surface area contributed by atoms with Gasteiger partial charge in [0.2, 0.25) is 0 Å². The summed E-state index contributed by atoms with van der Waals surface area (Å²) in [6.07, 6.45) is 1.68. The van der Waals surface area contributed by atoms with E-state index in [1.165, 1.54) is 23.5 Å². The summed E-state index contributed by atoms with van der Waals surface area (Å²) in [7, 11) is 0. The maximum absolute atomic E-state index is 14.0. The number of nitrogens with zero attached hydrogens (tertiary/aromatic N) is 4. The Morgan fingerprint density at radius 2 is 1.95 bits per heavy atom. The molecule has 0 saturated carbocycles. The minimum absolute atomic E-state index is 0.177. The summed E-state index contributed by atoms with van der Waals surface area (Å²) in [5, 5.41) is 16.4. The molecule has 2 aliphatic heterocycles. The van der Waals surface area contributed by atoms with E-state index < -0.39 is 29.8 Å². The molecule has 1 fully saturated rings. The van der Waals surface area contributed by atoms with E-state index in [1.54, 1.807) is 43.5 Å². The third-order valence-electron chi connectivity index (χ3n) is 7.09. The highest BCUT2D eigenvalue weighted by atomic mass is 79.9. The van der Waals surface area contributed by atoms with Crippen LogP contribution in [0.3, 0.4) is 0 Å². The van der Waals surface area contributed by atoms with Crippen molar-refractivity contribution in [2.45, 2.75) is 19.0 Å². The fraction of sp³-hybridized carbons (Fsp3) is 0.310. The molecule has 0 amide bonds. The molecule has 2 N–H and O–H groups in total. The largest absolute Gasteiger partial charge is 0.480 e. The third kappa shape index (κ3) is 6.73. The van der Waals surface area contributed by atoms with Crippen molar-refractivity contribution in [3.63, 3.8) is 0 Å². The van der Waals surface area contributed by atoms with Gasteiger partial charge in [0.25, 0.3) is 0 Å². The summed E-state index contributed by atoms with van der Waals surface area (Å²) in [4.78, 5) is 39.0. The Kier molecular flexibility index (Phi) is 9.69. The summed E-state index contributed by atoms with van der Waals surface area (Å²) in [5.41, 5.74) is 2.22. The van der Waals surface area contributed by atoms with Crippen molar-refractivity contribution < 1.29 is 23.8 Å². The van der Waals surface area contributed by atoms with Crippen molar-refractivity contribution in [1.82, 2.24) is 20.1 Å². The van der Waals surface area contributed by atoms with Crippen LogP contribution >= 0.6 is 38.9 Å². The zero-order valence-electron chi connectivity index (χ0n) is 22.6. The highest BCUT2D eigenvalue weighted by Gasteiger charge is 2.36. The number of halogens is 3. The van der Waals surface area contributed by atoms with Crippen molar-refractivity contribution in [3.8, 4) is 0 Å². The molecule has 42 heavy (non-hydrogen) atoms. The first-order chi connectivity index (χ1) is 20.2. The molecule has 1 saturated heterocycles. The number of thiazole rings is 1.